The van der Waals surface area contributed by atoms with Crippen molar-refractivity contribution in [3.8, 4) is 0 Å². The summed E-state index contributed by atoms with van der Waals surface area (Å²) < 4.78 is 0. The molecule has 0 spiro atoms. The maximum absolute atomic E-state index is 12.5. The van der Waals surface area contributed by atoms with Crippen molar-refractivity contribution in [2.45, 2.75) is 57.8 Å². The van der Waals surface area contributed by atoms with Crippen molar-refractivity contribution in [2.75, 3.05) is 18.8 Å². The average molecular weight is 316 g/mol. The van der Waals surface area contributed by atoms with Crippen LogP contribution in [0.25, 0.3) is 0 Å². The summed E-state index contributed by atoms with van der Waals surface area (Å²) in [5.41, 5.74) is 6.77. The normalized spacial score (nSPS) is 22.4. The SMILES string of the molecule is Nc1nccnc1C[C@@H]1CCCN(C(=O)CCC2CCCC2)C1. The molecule has 0 radical (unpaired) electrons. The molecule has 2 N–H and O–H groups in total. The van der Waals surface area contributed by atoms with E-state index in [0.717, 1.165) is 56.8 Å². The fraction of sp³-hybridized carbons (Fsp3) is 0.722. The lowest BCUT2D eigenvalue weighted by molar-refractivity contribution is -0.133. The largest absolute Gasteiger partial charge is 0.382 e. The maximum Gasteiger partial charge on any atom is 0.222 e. The molecule has 1 aromatic rings. The number of aromatic nitrogens is 2. The molecule has 1 saturated carbocycles. The highest BCUT2D eigenvalue weighted by atomic mass is 16.2. The van der Waals surface area contributed by atoms with Gasteiger partial charge in [0.05, 0.1) is 5.69 Å². The molecule has 1 aromatic heterocycles. The molecule has 0 aromatic carbocycles. The van der Waals surface area contributed by atoms with E-state index < -0.39 is 0 Å². The molecule has 126 valence electrons. The monoisotopic (exact) mass is 316 g/mol. The van der Waals surface area contributed by atoms with E-state index in [9.17, 15) is 4.79 Å². The molecular weight excluding hydrogens is 288 g/mol. The lowest BCUT2D eigenvalue weighted by Crippen LogP contribution is -2.40. The highest BCUT2D eigenvalue weighted by molar-refractivity contribution is 5.76. The predicted molar refractivity (Wildman–Crippen MR) is 90.6 cm³/mol. The summed E-state index contributed by atoms with van der Waals surface area (Å²) in [6, 6.07) is 0. The number of nitrogens with zero attached hydrogens (tertiary/aromatic N) is 3. The third kappa shape index (κ3) is 4.43. The first kappa shape index (κ1) is 16.2. The van der Waals surface area contributed by atoms with E-state index in [4.69, 9.17) is 5.73 Å². The molecule has 1 aliphatic heterocycles. The molecule has 2 heterocycles. The van der Waals surface area contributed by atoms with Crippen LogP contribution in [0.15, 0.2) is 12.4 Å². The number of hydrogen-bond acceptors (Lipinski definition) is 4. The molecule has 5 nitrogen and oxygen atoms in total. The van der Waals surface area contributed by atoms with Crippen LogP contribution in [0.5, 0.6) is 0 Å². The number of rotatable bonds is 5. The molecule has 1 aliphatic carbocycles. The van der Waals surface area contributed by atoms with Crippen molar-refractivity contribution in [2.24, 2.45) is 11.8 Å². The Labute approximate surface area is 138 Å². The van der Waals surface area contributed by atoms with Crippen molar-refractivity contribution in [3.05, 3.63) is 18.1 Å². The molecule has 2 aliphatic rings. The third-order valence-corrected chi connectivity index (χ3v) is 5.40. The second-order valence-electron chi connectivity index (χ2n) is 7.13. The van der Waals surface area contributed by atoms with Gasteiger partial charge in [0, 0.05) is 31.9 Å². The van der Waals surface area contributed by atoms with Gasteiger partial charge < -0.3 is 10.6 Å². The second-order valence-corrected chi connectivity index (χ2v) is 7.13. The minimum Gasteiger partial charge on any atom is -0.382 e. The van der Waals surface area contributed by atoms with Crippen LogP contribution in [0, 0.1) is 11.8 Å². The lowest BCUT2D eigenvalue weighted by Gasteiger charge is -2.33. The van der Waals surface area contributed by atoms with Crippen LogP contribution in [0.1, 0.15) is 57.1 Å². The lowest BCUT2D eigenvalue weighted by atomic mass is 9.92. The van der Waals surface area contributed by atoms with Crippen molar-refractivity contribution in [1.82, 2.24) is 14.9 Å². The van der Waals surface area contributed by atoms with Gasteiger partial charge >= 0.3 is 0 Å². The minimum absolute atomic E-state index is 0.341. The fourth-order valence-electron chi connectivity index (χ4n) is 4.05. The molecule has 1 amide bonds. The number of carbonyl (C=O) groups is 1. The van der Waals surface area contributed by atoms with Gasteiger partial charge in [-0.25, -0.2) is 4.98 Å². The first-order chi connectivity index (χ1) is 11.2. The van der Waals surface area contributed by atoms with E-state index in [-0.39, 0.29) is 0 Å². The smallest absolute Gasteiger partial charge is 0.222 e. The van der Waals surface area contributed by atoms with E-state index in [1.54, 1.807) is 12.4 Å². The number of hydrogen-bond donors (Lipinski definition) is 1. The fourth-order valence-corrected chi connectivity index (χ4v) is 4.05. The Morgan fingerprint density at radius 3 is 2.65 bits per heavy atom. The van der Waals surface area contributed by atoms with Crippen LogP contribution in [0.3, 0.4) is 0 Å². The van der Waals surface area contributed by atoms with Crippen molar-refractivity contribution in [3.63, 3.8) is 0 Å². The van der Waals surface area contributed by atoms with E-state index in [0.29, 0.717) is 17.6 Å². The van der Waals surface area contributed by atoms with Crippen LogP contribution < -0.4 is 5.73 Å². The van der Waals surface area contributed by atoms with E-state index in [2.05, 4.69) is 14.9 Å². The number of amides is 1. The summed E-state index contributed by atoms with van der Waals surface area (Å²) in [5, 5.41) is 0. The second kappa shape index (κ2) is 7.75. The molecule has 23 heavy (non-hydrogen) atoms. The Kier molecular flexibility index (Phi) is 5.47. The van der Waals surface area contributed by atoms with Crippen molar-refractivity contribution >= 4 is 11.7 Å². The maximum atomic E-state index is 12.5. The third-order valence-electron chi connectivity index (χ3n) is 5.40. The van der Waals surface area contributed by atoms with E-state index in [1.807, 2.05) is 0 Å². The Balaban J connectivity index is 1.49. The Morgan fingerprint density at radius 2 is 1.87 bits per heavy atom. The van der Waals surface area contributed by atoms with Gasteiger partial charge in [-0.3, -0.25) is 9.78 Å². The Bertz CT molecular complexity index is 528. The Morgan fingerprint density at radius 1 is 1.13 bits per heavy atom. The standard InChI is InChI=1S/C18H28N4O/c19-18-16(20-9-10-21-18)12-15-6-3-11-22(13-15)17(23)8-7-14-4-1-2-5-14/h9-10,14-15H,1-8,11-13H2,(H2,19,21)/t15-/m0/s1. The molecule has 1 saturated heterocycles. The van der Waals surface area contributed by atoms with Gasteiger partial charge in [-0.05, 0) is 37.5 Å². The number of nitrogen functional groups attached to an aromatic ring is 1. The zero-order valence-electron chi connectivity index (χ0n) is 13.9. The molecule has 3 rings (SSSR count). The van der Waals surface area contributed by atoms with E-state index >= 15 is 0 Å². The zero-order chi connectivity index (χ0) is 16.1. The summed E-state index contributed by atoms with van der Waals surface area (Å²) in [6.07, 6.45) is 13.5. The number of carbonyl (C=O) groups excluding carboxylic acids is 1. The van der Waals surface area contributed by atoms with Crippen LogP contribution in [-0.2, 0) is 11.2 Å². The van der Waals surface area contributed by atoms with Gasteiger partial charge in [0.15, 0.2) is 0 Å². The molecule has 1 atom stereocenters. The molecule has 0 unspecified atom stereocenters. The topological polar surface area (TPSA) is 72.1 Å². The summed E-state index contributed by atoms with van der Waals surface area (Å²) in [6.45, 7) is 1.76. The molecule has 5 heteroatoms. The number of piperidine rings is 1. The van der Waals surface area contributed by atoms with Gasteiger partial charge in [-0.15, -0.1) is 0 Å². The summed E-state index contributed by atoms with van der Waals surface area (Å²) in [4.78, 5) is 23.0. The summed E-state index contributed by atoms with van der Waals surface area (Å²) >= 11 is 0. The predicted octanol–water partition coefficient (Wildman–Crippen LogP) is 2.81. The quantitative estimate of drug-likeness (QED) is 0.906. The molecule has 0 bridgehead atoms. The Hall–Kier alpha value is -1.65. The van der Waals surface area contributed by atoms with Crippen LogP contribution in [0.4, 0.5) is 5.82 Å². The highest BCUT2D eigenvalue weighted by Crippen LogP contribution is 2.29. The van der Waals surface area contributed by atoms with Crippen molar-refractivity contribution < 1.29 is 4.79 Å². The van der Waals surface area contributed by atoms with Gasteiger partial charge in [0.2, 0.25) is 5.91 Å². The van der Waals surface area contributed by atoms with Crippen LogP contribution in [0.2, 0.25) is 0 Å². The first-order valence-corrected chi connectivity index (χ1v) is 9.05. The van der Waals surface area contributed by atoms with Gasteiger partial charge in [-0.1, -0.05) is 25.7 Å². The highest BCUT2D eigenvalue weighted by Gasteiger charge is 2.25. The van der Waals surface area contributed by atoms with E-state index in [1.165, 1.54) is 25.7 Å². The van der Waals surface area contributed by atoms with Crippen LogP contribution in [-0.4, -0.2) is 33.9 Å². The number of likely N-dealkylation sites (tertiary alicyclic amines) is 1. The number of nitrogens with two attached hydrogens (primary N) is 1. The molecule has 2 fully saturated rings. The van der Waals surface area contributed by atoms with Gasteiger partial charge in [-0.2, -0.15) is 0 Å². The minimum atomic E-state index is 0.341. The molecular formula is C18H28N4O. The zero-order valence-corrected chi connectivity index (χ0v) is 13.9. The summed E-state index contributed by atoms with van der Waals surface area (Å²) in [7, 11) is 0. The van der Waals surface area contributed by atoms with Crippen molar-refractivity contribution in [1.29, 1.82) is 0 Å². The number of anilines is 1. The summed E-state index contributed by atoms with van der Waals surface area (Å²) in [5.74, 6) is 2.11. The first-order valence-electron chi connectivity index (χ1n) is 9.05. The van der Waals surface area contributed by atoms with Crippen LogP contribution >= 0.6 is 0 Å². The average Bonchev–Trinajstić information content (AvgIpc) is 3.08. The van der Waals surface area contributed by atoms with Gasteiger partial charge in [0.25, 0.3) is 0 Å². The van der Waals surface area contributed by atoms with Gasteiger partial charge in [0.1, 0.15) is 5.82 Å².